The third-order valence-corrected chi connectivity index (χ3v) is 2.21. The molecule has 0 saturated carbocycles. The highest BCUT2D eigenvalue weighted by Gasteiger charge is 2.09. The number of nitrogens with two attached hydrogens (primary N) is 2. The van der Waals surface area contributed by atoms with Crippen LogP contribution >= 0.6 is 12.4 Å². The van der Waals surface area contributed by atoms with Crippen LogP contribution in [0.2, 0.25) is 0 Å². The van der Waals surface area contributed by atoms with E-state index in [1.165, 1.54) is 12.1 Å². The summed E-state index contributed by atoms with van der Waals surface area (Å²) >= 11 is 0. The van der Waals surface area contributed by atoms with Crippen molar-refractivity contribution in [3.05, 3.63) is 24.3 Å². The van der Waals surface area contributed by atoms with Gasteiger partial charge in [0.25, 0.3) is 0 Å². The molecule has 0 heterocycles. The van der Waals surface area contributed by atoms with Crippen molar-refractivity contribution in [2.45, 2.75) is 4.90 Å². The first-order valence-electron chi connectivity index (χ1n) is 2.89. The van der Waals surface area contributed by atoms with Gasteiger partial charge in [0, 0.05) is 0 Å². The fourth-order valence-corrected chi connectivity index (χ4v) is 1.40. The third kappa shape index (κ3) is 2.37. The molecule has 1 rings (SSSR count). The molecule has 0 fully saturated rings. The van der Waals surface area contributed by atoms with Crippen molar-refractivity contribution in [1.29, 1.82) is 0 Å². The Morgan fingerprint density at radius 1 is 1.17 bits per heavy atom. The number of rotatable bonds is 1. The van der Waals surface area contributed by atoms with Crippen LogP contribution in [0.3, 0.4) is 0 Å². The Hall–Kier alpha value is -0.780. The van der Waals surface area contributed by atoms with Gasteiger partial charge in [-0.15, -0.1) is 12.4 Å². The number of hydrogen-bond donors (Lipinski definition) is 2. The summed E-state index contributed by atoms with van der Waals surface area (Å²) in [7, 11) is -3.66. The van der Waals surface area contributed by atoms with Gasteiger partial charge in [-0.3, -0.25) is 0 Å². The van der Waals surface area contributed by atoms with Crippen molar-refractivity contribution in [3.8, 4) is 0 Å². The normalized spacial score (nSPS) is 10.4. The summed E-state index contributed by atoms with van der Waals surface area (Å²) in [5.41, 5.74) is 5.52. The molecule has 6 heteroatoms. The highest BCUT2D eigenvalue weighted by molar-refractivity contribution is 7.89. The fourth-order valence-electron chi connectivity index (χ4n) is 0.740. The van der Waals surface area contributed by atoms with Crippen LogP contribution in [0.5, 0.6) is 0 Å². The SMILES string of the molecule is Cl.Nc1ccccc1S(N)(=O)=O. The lowest BCUT2D eigenvalue weighted by Gasteiger charge is -2.00. The lowest BCUT2D eigenvalue weighted by Crippen LogP contribution is -2.13. The Balaban J connectivity index is 0.00000121. The molecule has 68 valence electrons. The van der Waals surface area contributed by atoms with Gasteiger partial charge in [0.1, 0.15) is 4.90 Å². The Morgan fingerprint density at radius 2 is 1.67 bits per heavy atom. The van der Waals surface area contributed by atoms with Crippen LogP contribution in [0.1, 0.15) is 0 Å². The van der Waals surface area contributed by atoms with Crippen LogP contribution in [-0.2, 0) is 10.0 Å². The summed E-state index contributed by atoms with van der Waals surface area (Å²) in [6.45, 7) is 0. The zero-order chi connectivity index (χ0) is 8.48. The number of primary sulfonamides is 1. The summed E-state index contributed by atoms with van der Waals surface area (Å²) < 4.78 is 21.5. The van der Waals surface area contributed by atoms with E-state index in [1.54, 1.807) is 12.1 Å². The Bertz CT molecular complexity index is 364. The summed E-state index contributed by atoms with van der Waals surface area (Å²) in [4.78, 5) is -0.0278. The lowest BCUT2D eigenvalue weighted by atomic mass is 10.3. The van der Waals surface area contributed by atoms with Crippen LogP contribution in [-0.4, -0.2) is 8.42 Å². The minimum Gasteiger partial charge on any atom is -0.398 e. The Labute approximate surface area is 77.0 Å². The molecule has 0 aliphatic rings. The van der Waals surface area contributed by atoms with Crippen molar-refractivity contribution in [1.82, 2.24) is 0 Å². The van der Waals surface area contributed by atoms with Gasteiger partial charge in [0.2, 0.25) is 10.0 Å². The minimum atomic E-state index is -3.66. The van der Waals surface area contributed by atoms with Crippen molar-refractivity contribution < 1.29 is 8.42 Å². The molecule has 1 aromatic carbocycles. The molecule has 4 N–H and O–H groups in total. The second-order valence-corrected chi connectivity index (χ2v) is 3.61. The lowest BCUT2D eigenvalue weighted by molar-refractivity contribution is 0.598. The molecule has 12 heavy (non-hydrogen) atoms. The monoisotopic (exact) mass is 208 g/mol. The average molecular weight is 209 g/mol. The van der Waals surface area contributed by atoms with Crippen molar-refractivity contribution in [2.24, 2.45) is 5.14 Å². The molecule has 0 atom stereocenters. The van der Waals surface area contributed by atoms with E-state index in [1.807, 2.05) is 0 Å². The van der Waals surface area contributed by atoms with Gasteiger partial charge in [-0.25, -0.2) is 13.6 Å². The molecule has 0 amide bonds. The molecule has 0 spiro atoms. The van der Waals surface area contributed by atoms with E-state index in [-0.39, 0.29) is 23.0 Å². The molecule has 1 aromatic rings. The highest BCUT2D eigenvalue weighted by atomic mass is 35.5. The second-order valence-electron chi connectivity index (χ2n) is 2.08. The maximum atomic E-state index is 10.8. The molecule has 0 aliphatic heterocycles. The van der Waals surface area contributed by atoms with Gasteiger partial charge >= 0.3 is 0 Å². The number of para-hydroxylation sites is 1. The Kier molecular flexibility index (Phi) is 3.51. The van der Waals surface area contributed by atoms with E-state index in [0.29, 0.717) is 0 Å². The molecule has 0 aromatic heterocycles. The van der Waals surface area contributed by atoms with Crippen LogP contribution < -0.4 is 10.9 Å². The van der Waals surface area contributed by atoms with Crippen LogP contribution in [0.15, 0.2) is 29.2 Å². The molecular formula is C6H9ClN2O2S. The molecule has 0 saturated heterocycles. The number of sulfonamides is 1. The average Bonchev–Trinajstić information content (AvgIpc) is 1.86. The van der Waals surface area contributed by atoms with Crippen molar-refractivity contribution in [2.75, 3.05) is 5.73 Å². The van der Waals surface area contributed by atoms with Crippen LogP contribution in [0.25, 0.3) is 0 Å². The zero-order valence-corrected chi connectivity index (χ0v) is 7.73. The summed E-state index contributed by atoms with van der Waals surface area (Å²) in [5.74, 6) is 0. The molecule has 0 bridgehead atoms. The topological polar surface area (TPSA) is 86.2 Å². The standard InChI is InChI=1S/C6H8N2O2S.ClH/c7-5-3-1-2-4-6(5)11(8,9)10;/h1-4H,7H2,(H2,8,9,10);1H. The van der Waals surface area contributed by atoms with Gasteiger partial charge in [-0.2, -0.15) is 0 Å². The third-order valence-electron chi connectivity index (χ3n) is 1.23. The number of hydrogen-bond acceptors (Lipinski definition) is 3. The first kappa shape index (κ1) is 11.2. The second kappa shape index (κ2) is 3.75. The number of halogens is 1. The first-order valence-corrected chi connectivity index (χ1v) is 4.44. The molecule has 0 aliphatic carbocycles. The van der Waals surface area contributed by atoms with Crippen LogP contribution in [0, 0.1) is 0 Å². The van der Waals surface area contributed by atoms with Gasteiger partial charge in [0.05, 0.1) is 5.69 Å². The van der Waals surface area contributed by atoms with Crippen molar-refractivity contribution in [3.63, 3.8) is 0 Å². The maximum absolute atomic E-state index is 10.8. The van der Waals surface area contributed by atoms with E-state index in [9.17, 15) is 8.42 Å². The maximum Gasteiger partial charge on any atom is 0.240 e. The predicted octanol–water partition coefficient (Wildman–Crippen LogP) is 0.338. The summed E-state index contributed by atoms with van der Waals surface area (Å²) in [6.07, 6.45) is 0. The first-order chi connectivity index (χ1) is 5.02. The van der Waals surface area contributed by atoms with Gasteiger partial charge in [-0.05, 0) is 12.1 Å². The smallest absolute Gasteiger partial charge is 0.240 e. The molecular weight excluding hydrogens is 200 g/mol. The fraction of sp³-hybridized carbons (Fsp3) is 0. The molecule has 0 unspecified atom stereocenters. The van der Waals surface area contributed by atoms with Gasteiger partial charge < -0.3 is 5.73 Å². The predicted molar refractivity (Wildman–Crippen MR) is 49.5 cm³/mol. The minimum absolute atomic E-state index is 0. The summed E-state index contributed by atoms with van der Waals surface area (Å²) in [6, 6.07) is 6.06. The largest absolute Gasteiger partial charge is 0.398 e. The van der Waals surface area contributed by atoms with Crippen molar-refractivity contribution >= 4 is 28.1 Å². The van der Waals surface area contributed by atoms with Gasteiger partial charge in [0.15, 0.2) is 0 Å². The molecule has 0 radical (unpaired) electrons. The molecule has 4 nitrogen and oxygen atoms in total. The number of anilines is 1. The van der Waals surface area contributed by atoms with E-state index in [0.717, 1.165) is 0 Å². The quantitative estimate of drug-likeness (QED) is 0.653. The Morgan fingerprint density at radius 3 is 2.00 bits per heavy atom. The summed E-state index contributed by atoms with van der Waals surface area (Å²) in [5, 5.41) is 4.85. The number of benzene rings is 1. The van der Waals surface area contributed by atoms with E-state index >= 15 is 0 Å². The van der Waals surface area contributed by atoms with E-state index in [4.69, 9.17) is 10.9 Å². The number of nitrogen functional groups attached to an aromatic ring is 1. The highest BCUT2D eigenvalue weighted by Crippen LogP contribution is 2.14. The van der Waals surface area contributed by atoms with E-state index in [2.05, 4.69) is 0 Å². The van der Waals surface area contributed by atoms with Crippen LogP contribution in [0.4, 0.5) is 5.69 Å². The van der Waals surface area contributed by atoms with Gasteiger partial charge in [-0.1, -0.05) is 12.1 Å². The zero-order valence-electron chi connectivity index (χ0n) is 6.10. The van der Waals surface area contributed by atoms with E-state index < -0.39 is 10.0 Å².